The second-order valence-corrected chi connectivity index (χ2v) is 5.61. The zero-order valence-electron chi connectivity index (χ0n) is 10.7. The van der Waals surface area contributed by atoms with E-state index >= 15 is 0 Å². The lowest BCUT2D eigenvalue weighted by molar-refractivity contribution is 0.327. The highest BCUT2D eigenvalue weighted by Gasteiger charge is 2.12. The van der Waals surface area contributed by atoms with E-state index < -0.39 is 0 Å². The van der Waals surface area contributed by atoms with Crippen LogP contribution in [0.25, 0.3) is 0 Å². The molecule has 4 heteroatoms. The predicted octanol–water partition coefficient (Wildman–Crippen LogP) is 2.67. The fourth-order valence-corrected chi connectivity index (χ4v) is 3.20. The van der Waals surface area contributed by atoms with Gasteiger partial charge >= 0.3 is 0 Å². The lowest BCUT2D eigenvalue weighted by atomic mass is 10.2. The van der Waals surface area contributed by atoms with Crippen LogP contribution < -0.4 is 5.32 Å². The van der Waals surface area contributed by atoms with E-state index in [0.717, 1.165) is 13.0 Å². The Labute approximate surface area is 108 Å². The van der Waals surface area contributed by atoms with E-state index in [4.69, 9.17) is 0 Å². The van der Waals surface area contributed by atoms with E-state index in [1.54, 1.807) is 11.3 Å². The van der Waals surface area contributed by atoms with Gasteiger partial charge in [-0.2, -0.15) is 0 Å². The van der Waals surface area contributed by atoms with Crippen molar-refractivity contribution >= 4 is 11.3 Å². The van der Waals surface area contributed by atoms with E-state index in [9.17, 15) is 0 Å². The molecule has 0 spiro atoms. The zero-order chi connectivity index (χ0) is 11.9. The molecule has 1 aliphatic rings. The number of nitrogens with zero attached hydrogens (tertiary/aromatic N) is 2. The van der Waals surface area contributed by atoms with E-state index in [0.29, 0.717) is 6.04 Å². The van der Waals surface area contributed by atoms with Crippen molar-refractivity contribution in [3.05, 3.63) is 16.6 Å². The Balaban J connectivity index is 1.63. The van der Waals surface area contributed by atoms with E-state index in [-0.39, 0.29) is 0 Å². The molecule has 0 saturated carbocycles. The van der Waals surface area contributed by atoms with Crippen LogP contribution in [-0.2, 0) is 0 Å². The molecule has 0 bridgehead atoms. The molecule has 0 aliphatic carbocycles. The summed E-state index contributed by atoms with van der Waals surface area (Å²) in [5.74, 6) is 0. The summed E-state index contributed by atoms with van der Waals surface area (Å²) in [6.07, 6.45) is 7.06. The van der Waals surface area contributed by atoms with Crippen molar-refractivity contribution in [2.75, 3.05) is 26.2 Å². The quantitative estimate of drug-likeness (QED) is 0.757. The molecule has 0 aromatic carbocycles. The molecule has 2 heterocycles. The van der Waals surface area contributed by atoms with Gasteiger partial charge < -0.3 is 10.2 Å². The minimum atomic E-state index is 0.452. The van der Waals surface area contributed by atoms with Crippen molar-refractivity contribution in [1.82, 2.24) is 15.2 Å². The second kappa shape index (κ2) is 7.09. The lowest BCUT2D eigenvalue weighted by Crippen LogP contribution is -2.27. The second-order valence-electron chi connectivity index (χ2n) is 4.69. The van der Waals surface area contributed by atoms with Gasteiger partial charge in [0.05, 0.1) is 6.04 Å². The smallest absolute Gasteiger partial charge is 0.109 e. The van der Waals surface area contributed by atoms with Crippen molar-refractivity contribution < 1.29 is 0 Å². The van der Waals surface area contributed by atoms with Crippen molar-refractivity contribution in [3.8, 4) is 0 Å². The van der Waals surface area contributed by atoms with Crippen molar-refractivity contribution in [2.45, 2.75) is 38.6 Å². The molecule has 2 rings (SSSR count). The van der Waals surface area contributed by atoms with Gasteiger partial charge in [0.2, 0.25) is 0 Å². The standard InChI is InChI=1S/C13H23N3S/c1-2-12(13-15-7-11-17-13)14-6-5-10-16-8-3-4-9-16/h7,11-12,14H,2-6,8-10H2,1H3. The molecule has 1 N–H and O–H groups in total. The average Bonchev–Trinajstić information content (AvgIpc) is 3.01. The molecule has 1 atom stereocenters. The Hall–Kier alpha value is -0.450. The number of aromatic nitrogens is 1. The van der Waals surface area contributed by atoms with Crippen molar-refractivity contribution in [3.63, 3.8) is 0 Å². The van der Waals surface area contributed by atoms with Crippen LogP contribution in [0.5, 0.6) is 0 Å². The van der Waals surface area contributed by atoms with Gasteiger partial charge in [0.1, 0.15) is 5.01 Å². The number of hydrogen-bond donors (Lipinski definition) is 1. The summed E-state index contributed by atoms with van der Waals surface area (Å²) >= 11 is 1.75. The highest BCUT2D eigenvalue weighted by molar-refractivity contribution is 7.09. The topological polar surface area (TPSA) is 28.2 Å². The van der Waals surface area contributed by atoms with Crippen molar-refractivity contribution in [2.24, 2.45) is 0 Å². The van der Waals surface area contributed by atoms with Gasteiger partial charge in [-0.05, 0) is 51.9 Å². The molecule has 1 aliphatic heterocycles. The average molecular weight is 253 g/mol. The highest BCUT2D eigenvalue weighted by Crippen LogP contribution is 2.18. The third kappa shape index (κ3) is 4.05. The van der Waals surface area contributed by atoms with Crippen LogP contribution in [0.15, 0.2) is 11.6 Å². The van der Waals surface area contributed by atoms with Crippen LogP contribution in [0.3, 0.4) is 0 Å². The fraction of sp³-hybridized carbons (Fsp3) is 0.769. The molecule has 0 amide bonds. The van der Waals surface area contributed by atoms with Gasteiger partial charge in [-0.15, -0.1) is 11.3 Å². The molecular formula is C13H23N3S. The molecule has 3 nitrogen and oxygen atoms in total. The summed E-state index contributed by atoms with van der Waals surface area (Å²) in [6.45, 7) is 7.20. The van der Waals surface area contributed by atoms with E-state index in [1.165, 1.54) is 43.9 Å². The van der Waals surface area contributed by atoms with Crippen LogP contribution in [0.2, 0.25) is 0 Å². The maximum Gasteiger partial charge on any atom is 0.109 e. The Morgan fingerprint density at radius 3 is 2.94 bits per heavy atom. The third-order valence-corrected chi connectivity index (χ3v) is 4.29. The normalized spacial score (nSPS) is 18.6. The maximum atomic E-state index is 4.39. The summed E-state index contributed by atoms with van der Waals surface area (Å²) in [5.41, 5.74) is 0. The number of likely N-dealkylation sites (tertiary alicyclic amines) is 1. The summed E-state index contributed by atoms with van der Waals surface area (Å²) < 4.78 is 0. The number of nitrogens with one attached hydrogen (secondary N) is 1. The highest BCUT2D eigenvalue weighted by atomic mass is 32.1. The predicted molar refractivity (Wildman–Crippen MR) is 73.4 cm³/mol. The summed E-state index contributed by atoms with van der Waals surface area (Å²) in [4.78, 5) is 6.96. The largest absolute Gasteiger partial charge is 0.308 e. The fourth-order valence-electron chi connectivity index (χ4n) is 2.40. The van der Waals surface area contributed by atoms with Crippen LogP contribution in [-0.4, -0.2) is 36.1 Å². The first-order valence-electron chi connectivity index (χ1n) is 6.75. The molecular weight excluding hydrogens is 230 g/mol. The van der Waals surface area contributed by atoms with Crippen LogP contribution in [0.4, 0.5) is 0 Å². The molecule has 96 valence electrons. The minimum Gasteiger partial charge on any atom is -0.308 e. The molecule has 0 radical (unpaired) electrons. The third-order valence-electron chi connectivity index (χ3n) is 3.40. The van der Waals surface area contributed by atoms with Gasteiger partial charge in [-0.25, -0.2) is 4.98 Å². The van der Waals surface area contributed by atoms with Gasteiger partial charge in [-0.3, -0.25) is 0 Å². The molecule has 1 aromatic heterocycles. The number of hydrogen-bond acceptors (Lipinski definition) is 4. The number of thiazole rings is 1. The van der Waals surface area contributed by atoms with Crippen LogP contribution >= 0.6 is 11.3 Å². The minimum absolute atomic E-state index is 0.452. The molecule has 17 heavy (non-hydrogen) atoms. The van der Waals surface area contributed by atoms with Gasteiger partial charge in [0.15, 0.2) is 0 Å². The molecule has 1 unspecified atom stereocenters. The Morgan fingerprint density at radius 1 is 1.47 bits per heavy atom. The maximum absolute atomic E-state index is 4.39. The summed E-state index contributed by atoms with van der Waals surface area (Å²) in [6, 6.07) is 0.452. The van der Waals surface area contributed by atoms with E-state index in [1.807, 2.05) is 6.20 Å². The molecule has 1 saturated heterocycles. The zero-order valence-corrected chi connectivity index (χ0v) is 11.5. The van der Waals surface area contributed by atoms with Crippen molar-refractivity contribution in [1.29, 1.82) is 0 Å². The summed E-state index contributed by atoms with van der Waals surface area (Å²) in [5, 5.41) is 6.91. The monoisotopic (exact) mass is 253 g/mol. The van der Waals surface area contributed by atoms with Gasteiger partial charge in [0, 0.05) is 11.6 Å². The lowest BCUT2D eigenvalue weighted by Gasteiger charge is -2.17. The molecule has 1 fully saturated rings. The van der Waals surface area contributed by atoms with Gasteiger partial charge in [-0.1, -0.05) is 6.92 Å². The summed E-state index contributed by atoms with van der Waals surface area (Å²) in [7, 11) is 0. The Bertz CT molecular complexity index is 294. The molecule has 1 aromatic rings. The Morgan fingerprint density at radius 2 is 2.29 bits per heavy atom. The van der Waals surface area contributed by atoms with E-state index in [2.05, 4.69) is 27.5 Å². The van der Waals surface area contributed by atoms with Gasteiger partial charge in [0.25, 0.3) is 0 Å². The van der Waals surface area contributed by atoms with Crippen LogP contribution in [0, 0.1) is 0 Å². The SMILES string of the molecule is CCC(NCCCN1CCCC1)c1nccs1. The first-order chi connectivity index (χ1) is 8.40. The van der Waals surface area contributed by atoms with Crippen LogP contribution in [0.1, 0.15) is 43.7 Å². The number of rotatable bonds is 7. The first-order valence-corrected chi connectivity index (χ1v) is 7.63. The Kier molecular flexibility index (Phi) is 5.42. The first kappa shape index (κ1) is 13.0.